The molecule has 1 N–H and O–H groups in total. The maximum Gasteiger partial charge on any atom is 0.257 e. The van der Waals surface area contributed by atoms with Crippen molar-refractivity contribution in [2.75, 3.05) is 12.4 Å². The average molecular weight is 326 g/mol. The maximum absolute atomic E-state index is 12.6. The number of rotatable bonds is 3. The van der Waals surface area contributed by atoms with Crippen LogP contribution in [-0.2, 0) is 0 Å². The highest BCUT2D eigenvalue weighted by Crippen LogP contribution is 2.32. The van der Waals surface area contributed by atoms with Crippen molar-refractivity contribution in [3.05, 3.63) is 52.6 Å². The van der Waals surface area contributed by atoms with Gasteiger partial charge in [-0.05, 0) is 44.0 Å². The first-order valence-corrected chi connectivity index (χ1v) is 8.14. The van der Waals surface area contributed by atoms with Crippen molar-refractivity contribution in [2.24, 2.45) is 0 Å². The summed E-state index contributed by atoms with van der Waals surface area (Å²) >= 11 is 1.44. The minimum absolute atomic E-state index is 0.127. The number of anilines is 1. The van der Waals surface area contributed by atoms with Crippen LogP contribution in [0.25, 0.3) is 10.2 Å². The van der Waals surface area contributed by atoms with E-state index in [-0.39, 0.29) is 5.91 Å². The van der Waals surface area contributed by atoms with Crippen molar-refractivity contribution in [1.82, 2.24) is 4.98 Å². The lowest BCUT2D eigenvalue weighted by Gasteiger charge is -2.10. The highest BCUT2D eigenvalue weighted by molar-refractivity contribution is 7.22. The number of aromatic nitrogens is 1. The van der Waals surface area contributed by atoms with Crippen LogP contribution in [-0.4, -0.2) is 18.0 Å². The summed E-state index contributed by atoms with van der Waals surface area (Å²) in [5.74, 6) is 0.583. The standard InChI is InChI=1S/C18H18N2O2S/c1-10-8-11(2)15(12(3)9-10)17(21)20-18-19-16-13(22-4)6-5-7-14(16)23-18/h5-9H,1-4H3,(H,19,20,21). The number of aryl methyl sites for hydroxylation is 3. The van der Waals surface area contributed by atoms with E-state index in [2.05, 4.69) is 10.3 Å². The van der Waals surface area contributed by atoms with Gasteiger partial charge in [0.2, 0.25) is 0 Å². The van der Waals surface area contributed by atoms with Crippen LogP contribution in [0.1, 0.15) is 27.0 Å². The van der Waals surface area contributed by atoms with Gasteiger partial charge in [-0.3, -0.25) is 10.1 Å². The number of nitrogens with one attached hydrogen (secondary N) is 1. The van der Waals surface area contributed by atoms with Crippen LogP contribution in [0.15, 0.2) is 30.3 Å². The van der Waals surface area contributed by atoms with Crippen LogP contribution in [0, 0.1) is 20.8 Å². The summed E-state index contributed by atoms with van der Waals surface area (Å²) in [5.41, 5.74) is 4.58. The molecule has 0 saturated heterocycles. The van der Waals surface area contributed by atoms with Gasteiger partial charge < -0.3 is 4.74 Å². The highest BCUT2D eigenvalue weighted by atomic mass is 32.1. The van der Waals surface area contributed by atoms with Gasteiger partial charge in [-0.2, -0.15) is 0 Å². The van der Waals surface area contributed by atoms with E-state index >= 15 is 0 Å². The Balaban J connectivity index is 1.95. The average Bonchev–Trinajstić information content (AvgIpc) is 2.88. The van der Waals surface area contributed by atoms with Crippen LogP contribution in [0.5, 0.6) is 5.75 Å². The molecule has 2 aromatic carbocycles. The Morgan fingerprint density at radius 2 is 1.87 bits per heavy atom. The first-order valence-electron chi connectivity index (χ1n) is 7.32. The molecule has 0 radical (unpaired) electrons. The fraction of sp³-hybridized carbons (Fsp3) is 0.222. The normalized spacial score (nSPS) is 10.8. The molecule has 0 spiro atoms. The molecular formula is C18H18N2O2S. The third-order valence-electron chi connectivity index (χ3n) is 3.73. The summed E-state index contributed by atoms with van der Waals surface area (Å²) in [5, 5.41) is 3.49. The summed E-state index contributed by atoms with van der Waals surface area (Å²) in [6.45, 7) is 5.94. The highest BCUT2D eigenvalue weighted by Gasteiger charge is 2.16. The van der Waals surface area contributed by atoms with Gasteiger partial charge in [0.15, 0.2) is 5.13 Å². The second-order valence-corrected chi connectivity index (χ2v) is 6.58. The van der Waals surface area contributed by atoms with Crippen molar-refractivity contribution in [3.8, 4) is 5.75 Å². The summed E-state index contributed by atoms with van der Waals surface area (Å²) < 4.78 is 6.30. The quantitative estimate of drug-likeness (QED) is 0.772. The molecular weight excluding hydrogens is 308 g/mol. The zero-order chi connectivity index (χ0) is 16.6. The van der Waals surface area contributed by atoms with E-state index in [0.717, 1.165) is 26.9 Å². The first kappa shape index (κ1) is 15.5. The number of carbonyl (C=O) groups is 1. The smallest absolute Gasteiger partial charge is 0.257 e. The number of thiazole rings is 1. The Bertz CT molecular complexity index is 876. The summed E-state index contributed by atoms with van der Waals surface area (Å²) in [7, 11) is 1.62. The molecule has 23 heavy (non-hydrogen) atoms. The molecule has 1 aromatic heterocycles. The van der Waals surface area contributed by atoms with E-state index in [1.165, 1.54) is 11.3 Å². The van der Waals surface area contributed by atoms with Gasteiger partial charge in [0.05, 0.1) is 11.8 Å². The lowest BCUT2D eigenvalue weighted by molar-refractivity contribution is 0.102. The number of benzene rings is 2. The fourth-order valence-corrected chi connectivity index (χ4v) is 3.72. The first-order chi connectivity index (χ1) is 11.0. The third-order valence-corrected chi connectivity index (χ3v) is 4.66. The molecule has 1 amide bonds. The van der Waals surface area contributed by atoms with E-state index in [4.69, 9.17) is 4.74 Å². The Hall–Kier alpha value is -2.40. The number of nitrogens with zero attached hydrogens (tertiary/aromatic N) is 1. The van der Waals surface area contributed by atoms with Crippen molar-refractivity contribution in [3.63, 3.8) is 0 Å². The largest absolute Gasteiger partial charge is 0.494 e. The molecule has 5 heteroatoms. The zero-order valence-electron chi connectivity index (χ0n) is 13.6. The molecule has 0 atom stereocenters. The van der Waals surface area contributed by atoms with Crippen molar-refractivity contribution in [1.29, 1.82) is 0 Å². The molecule has 0 bridgehead atoms. The Morgan fingerprint density at radius 3 is 2.52 bits per heavy atom. The predicted molar refractivity (Wildman–Crippen MR) is 94.8 cm³/mol. The number of methoxy groups -OCH3 is 1. The zero-order valence-corrected chi connectivity index (χ0v) is 14.4. The molecule has 1 heterocycles. The molecule has 0 unspecified atom stereocenters. The molecule has 0 aliphatic heterocycles. The number of amides is 1. The van der Waals surface area contributed by atoms with Gasteiger partial charge in [0.25, 0.3) is 5.91 Å². The molecule has 3 aromatic rings. The van der Waals surface area contributed by atoms with Crippen molar-refractivity contribution >= 4 is 32.6 Å². The van der Waals surface area contributed by atoms with E-state index in [9.17, 15) is 4.79 Å². The molecule has 3 rings (SSSR count). The van der Waals surface area contributed by atoms with Gasteiger partial charge in [-0.15, -0.1) is 0 Å². The Labute approximate surface area is 139 Å². The van der Waals surface area contributed by atoms with Crippen LogP contribution in [0.3, 0.4) is 0 Å². The Morgan fingerprint density at radius 1 is 1.17 bits per heavy atom. The summed E-state index contributed by atoms with van der Waals surface area (Å²) in [4.78, 5) is 17.1. The molecule has 0 saturated carbocycles. The second-order valence-electron chi connectivity index (χ2n) is 5.55. The van der Waals surface area contributed by atoms with Crippen LogP contribution in [0.4, 0.5) is 5.13 Å². The predicted octanol–water partition coefficient (Wildman–Crippen LogP) is 4.48. The molecule has 0 aliphatic carbocycles. The number of para-hydroxylation sites is 1. The van der Waals surface area contributed by atoms with Crippen molar-refractivity contribution < 1.29 is 9.53 Å². The monoisotopic (exact) mass is 326 g/mol. The van der Waals surface area contributed by atoms with Gasteiger partial charge in [0.1, 0.15) is 11.3 Å². The Kier molecular flexibility index (Phi) is 4.05. The summed E-state index contributed by atoms with van der Waals surface area (Å²) in [6.07, 6.45) is 0. The van der Waals surface area contributed by atoms with E-state index < -0.39 is 0 Å². The number of hydrogen-bond acceptors (Lipinski definition) is 4. The van der Waals surface area contributed by atoms with E-state index in [1.807, 2.05) is 51.1 Å². The van der Waals surface area contributed by atoms with Crippen LogP contribution >= 0.6 is 11.3 Å². The van der Waals surface area contributed by atoms with Crippen LogP contribution in [0.2, 0.25) is 0 Å². The molecule has 0 fully saturated rings. The van der Waals surface area contributed by atoms with Crippen LogP contribution < -0.4 is 10.1 Å². The lowest BCUT2D eigenvalue weighted by atomic mass is 9.99. The van der Waals surface area contributed by atoms with Gasteiger partial charge in [0, 0.05) is 5.56 Å². The fourth-order valence-electron chi connectivity index (χ4n) is 2.84. The van der Waals surface area contributed by atoms with Crippen molar-refractivity contribution in [2.45, 2.75) is 20.8 Å². The van der Waals surface area contributed by atoms with Gasteiger partial charge >= 0.3 is 0 Å². The molecule has 118 valence electrons. The van der Waals surface area contributed by atoms with Gasteiger partial charge in [-0.25, -0.2) is 4.98 Å². The van der Waals surface area contributed by atoms with E-state index in [1.54, 1.807) is 7.11 Å². The molecule has 4 nitrogen and oxygen atoms in total. The minimum atomic E-state index is -0.127. The van der Waals surface area contributed by atoms with Gasteiger partial charge in [-0.1, -0.05) is 35.1 Å². The number of carbonyl (C=O) groups excluding carboxylic acids is 1. The maximum atomic E-state index is 12.6. The number of hydrogen-bond donors (Lipinski definition) is 1. The third kappa shape index (κ3) is 2.92. The molecule has 0 aliphatic rings. The second kappa shape index (κ2) is 6.01. The summed E-state index contributed by atoms with van der Waals surface area (Å²) in [6, 6.07) is 9.78. The number of ether oxygens (including phenoxy) is 1. The van der Waals surface area contributed by atoms with E-state index in [0.29, 0.717) is 16.4 Å². The number of fused-ring (bicyclic) bond motifs is 1. The topological polar surface area (TPSA) is 51.2 Å². The lowest BCUT2D eigenvalue weighted by Crippen LogP contribution is -2.15. The minimum Gasteiger partial charge on any atom is -0.494 e. The SMILES string of the molecule is COc1cccc2sc(NC(=O)c3c(C)cc(C)cc3C)nc12.